The summed E-state index contributed by atoms with van der Waals surface area (Å²) in [5.41, 5.74) is 3.65. The molecule has 6 nitrogen and oxygen atoms in total. The summed E-state index contributed by atoms with van der Waals surface area (Å²) in [6.45, 7) is 0.631. The van der Waals surface area contributed by atoms with Gasteiger partial charge in [0, 0.05) is 35.9 Å². The Morgan fingerprint density at radius 2 is 1.45 bits per heavy atom. The SMILES string of the molecule is O=[N+]([O-])c1ccc(-c2nc(NCc3ccccc3)cc(-c3ccccc3)n2)cc1. The highest BCUT2D eigenvalue weighted by molar-refractivity contribution is 5.68. The Morgan fingerprint density at radius 3 is 2.10 bits per heavy atom. The Kier molecular flexibility index (Phi) is 5.25. The first kappa shape index (κ1) is 18.3. The first-order valence-corrected chi connectivity index (χ1v) is 9.16. The van der Waals surface area contributed by atoms with E-state index in [0.29, 0.717) is 18.2 Å². The third-order valence-corrected chi connectivity index (χ3v) is 4.45. The van der Waals surface area contributed by atoms with E-state index < -0.39 is 4.92 Å². The summed E-state index contributed by atoms with van der Waals surface area (Å²) >= 11 is 0. The minimum atomic E-state index is -0.419. The van der Waals surface area contributed by atoms with Gasteiger partial charge in [-0.1, -0.05) is 60.7 Å². The van der Waals surface area contributed by atoms with Gasteiger partial charge >= 0.3 is 0 Å². The van der Waals surface area contributed by atoms with Crippen LogP contribution < -0.4 is 5.32 Å². The number of nitro benzene ring substituents is 1. The quantitative estimate of drug-likeness (QED) is 0.360. The second-order valence-electron chi connectivity index (χ2n) is 6.47. The summed E-state index contributed by atoms with van der Waals surface area (Å²) in [5.74, 6) is 1.20. The Balaban J connectivity index is 1.70. The summed E-state index contributed by atoms with van der Waals surface area (Å²) in [5, 5.41) is 14.3. The smallest absolute Gasteiger partial charge is 0.269 e. The van der Waals surface area contributed by atoms with Crippen LogP contribution >= 0.6 is 0 Å². The topological polar surface area (TPSA) is 81.0 Å². The number of aromatic nitrogens is 2. The molecule has 0 bridgehead atoms. The van der Waals surface area contributed by atoms with E-state index in [1.165, 1.54) is 12.1 Å². The molecule has 3 aromatic carbocycles. The van der Waals surface area contributed by atoms with Crippen LogP contribution in [0.25, 0.3) is 22.6 Å². The lowest BCUT2D eigenvalue weighted by molar-refractivity contribution is -0.384. The molecule has 4 rings (SSSR count). The molecule has 0 amide bonds. The molecule has 29 heavy (non-hydrogen) atoms. The fourth-order valence-corrected chi connectivity index (χ4v) is 2.94. The largest absolute Gasteiger partial charge is 0.366 e. The predicted octanol–water partition coefficient (Wildman–Crippen LogP) is 5.33. The third kappa shape index (κ3) is 4.44. The molecule has 1 N–H and O–H groups in total. The van der Waals surface area contributed by atoms with Crippen LogP contribution in [0.15, 0.2) is 91.0 Å². The van der Waals surface area contributed by atoms with Gasteiger partial charge in [0.25, 0.3) is 5.69 Å². The van der Waals surface area contributed by atoms with Crippen molar-refractivity contribution in [2.45, 2.75) is 6.54 Å². The van der Waals surface area contributed by atoms with Crippen molar-refractivity contribution in [1.29, 1.82) is 0 Å². The van der Waals surface area contributed by atoms with Gasteiger partial charge in [-0.3, -0.25) is 10.1 Å². The van der Waals surface area contributed by atoms with E-state index >= 15 is 0 Å². The summed E-state index contributed by atoms with van der Waals surface area (Å²) in [4.78, 5) is 19.8. The fourth-order valence-electron chi connectivity index (χ4n) is 2.94. The van der Waals surface area contributed by atoms with Crippen molar-refractivity contribution in [3.05, 3.63) is 107 Å². The minimum Gasteiger partial charge on any atom is -0.366 e. The number of benzene rings is 3. The number of hydrogen-bond donors (Lipinski definition) is 1. The van der Waals surface area contributed by atoms with E-state index in [1.54, 1.807) is 12.1 Å². The fraction of sp³-hybridized carbons (Fsp3) is 0.0435. The number of anilines is 1. The molecule has 0 aliphatic rings. The van der Waals surface area contributed by atoms with Crippen LogP contribution in [0.1, 0.15) is 5.56 Å². The van der Waals surface area contributed by atoms with Crippen molar-refractivity contribution >= 4 is 11.5 Å². The van der Waals surface area contributed by atoms with Gasteiger partial charge in [-0.25, -0.2) is 9.97 Å². The number of nitrogens with zero attached hydrogens (tertiary/aromatic N) is 3. The van der Waals surface area contributed by atoms with Gasteiger partial charge in [-0.2, -0.15) is 0 Å². The minimum absolute atomic E-state index is 0.0374. The standard InChI is InChI=1S/C23H18N4O2/c28-27(29)20-13-11-19(12-14-20)23-25-21(18-9-5-2-6-10-18)15-22(26-23)24-16-17-7-3-1-4-8-17/h1-15H,16H2,(H,24,25,26). The molecule has 0 aliphatic carbocycles. The van der Waals surface area contributed by atoms with Crippen molar-refractivity contribution in [3.63, 3.8) is 0 Å². The Morgan fingerprint density at radius 1 is 0.793 bits per heavy atom. The molecule has 0 spiro atoms. The van der Waals surface area contributed by atoms with Crippen LogP contribution in [-0.4, -0.2) is 14.9 Å². The van der Waals surface area contributed by atoms with Gasteiger partial charge in [0.2, 0.25) is 0 Å². The number of non-ortho nitro benzene ring substituents is 1. The first-order chi connectivity index (χ1) is 14.2. The Labute approximate surface area is 168 Å². The predicted molar refractivity (Wildman–Crippen MR) is 113 cm³/mol. The maximum absolute atomic E-state index is 10.9. The van der Waals surface area contributed by atoms with Crippen molar-refractivity contribution in [2.24, 2.45) is 0 Å². The highest BCUT2D eigenvalue weighted by atomic mass is 16.6. The van der Waals surface area contributed by atoms with Crippen molar-refractivity contribution < 1.29 is 4.92 Å². The lowest BCUT2D eigenvalue weighted by Crippen LogP contribution is -2.04. The van der Waals surface area contributed by atoms with Crippen LogP contribution in [0, 0.1) is 10.1 Å². The lowest BCUT2D eigenvalue weighted by Gasteiger charge is -2.11. The summed E-state index contributed by atoms with van der Waals surface area (Å²) in [6.07, 6.45) is 0. The Hall–Kier alpha value is -4.06. The van der Waals surface area contributed by atoms with Gasteiger partial charge in [-0.05, 0) is 17.7 Å². The molecule has 0 unspecified atom stereocenters. The van der Waals surface area contributed by atoms with E-state index in [1.807, 2.05) is 66.7 Å². The zero-order valence-corrected chi connectivity index (χ0v) is 15.5. The van der Waals surface area contributed by atoms with Gasteiger partial charge in [0.15, 0.2) is 5.82 Å². The molecular formula is C23H18N4O2. The number of rotatable bonds is 6. The molecule has 0 aliphatic heterocycles. The van der Waals surface area contributed by atoms with Crippen molar-refractivity contribution in [3.8, 4) is 22.6 Å². The van der Waals surface area contributed by atoms with Crippen molar-refractivity contribution in [1.82, 2.24) is 9.97 Å². The average molecular weight is 382 g/mol. The number of nitro groups is 1. The summed E-state index contributed by atoms with van der Waals surface area (Å²) < 4.78 is 0. The summed E-state index contributed by atoms with van der Waals surface area (Å²) in [6, 6.07) is 28.1. The van der Waals surface area contributed by atoms with E-state index in [0.717, 1.165) is 22.4 Å². The highest BCUT2D eigenvalue weighted by Gasteiger charge is 2.11. The van der Waals surface area contributed by atoms with E-state index in [9.17, 15) is 10.1 Å². The molecule has 0 radical (unpaired) electrons. The van der Waals surface area contributed by atoms with Gasteiger partial charge in [0.05, 0.1) is 10.6 Å². The first-order valence-electron chi connectivity index (χ1n) is 9.16. The Bertz CT molecular complexity index is 1110. The van der Waals surface area contributed by atoms with Crippen LogP contribution in [-0.2, 0) is 6.54 Å². The molecule has 4 aromatic rings. The molecule has 1 aromatic heterocycles. The maximum atomic E-state index is 10.9. The maximum Gasteiger partial charge on any atom is 0.269 e. The van der Waals surface area contributed by atoms with E-state index in [2.05, 4.69) is 15.3 Å². The monoisotopic (exact) mass is 382 g/mol. The van der Waals surface area contributed by atoms with Crippen LogP contribution in [0.5, 0.6) is 0 Å². The van der Waals surface area contributed by atoms with E-state index in [4.69, 9.17) is 0 Å². The lowest BCUT2D eigenvalue weighted by atomic mass is 10.1. The second kappa shape index (κ2) is 8.31. The van der Waals surface area contributed by atoms with E-state index in [-0.39, 0.29) is 5.69 Å². The number of nitrogens with one attached hydrogen (secondary N) is 1. The molecule has 142 valence electrons. The summed E-state index contributed by atoms with van der Waals surface area (Å²) in [7, 11) is 0. The molecule has 0 saturated heterocycles. The van der Waals surface area contributed by atoms with Crippen LogP contribution in [0.3, 0.4) is 0 Å². The second-order valence-corrected chi connectivity index (χ2v) is 6.47. The van der Waals surface area contributed by atoms with Gasteiger partial charge < -0.3 is 5.32 Å². The van der Waals surface area contributed by atoms with Crippen molar-refractivity contribution in [2.75, 3.05) is 5.32 Å². The molecule has 6 heteroatoms. The molecular weight excluding hydrogens is 364 g/mol. The molecule has 1 heterocycles. The average Bonchev–Trinajstić information content (AvgIpc) is 2.79. The zero-order valence-electron chi connectivity index (χ0n) is 15.5. The van der Waals surface area contributed by atoms with Gasteiger partial charge in [-0.15, -0.1) is 0 Å². The normalized spacial score (nSPS) is 10.5. The van der Waals surface area contributed by atoms with Crippen LogP contribution in [0.2, 0.25) is 0 Å². The third-order valence-electron chi connectivity index (χ3n) is 4.45. The molecule has 0 saturated carbocycles. The van der Waals surface area contributed by atoms with Crippen LogP contribution in [0.4, 0.5) is 11.5 Å². The number of hydrogen-bond acceptors (Lipinski definition) is 5. The zero-order chi connectivity index (χ0) is 20.1. The molecule has 0 fully saturated rings. The highest BCUT2D eigenvalue weighted by Crippen LogP contribution is 2.26. The molecule has 0 atom stereocenters. The van der Waals surface area contributed by atoms with Gasteiger partial charge in [0.1, 0.15) is 5.82 Å².